The standard InChI is InChI=1S/C18H17ClN2O4S2/c1-12-8-15(21(20-12)10-18(22)25-11-19)17-7-6-16(26-17)13-4-3-5-14(9-13)27(2,23)24/h3-9H,10-11H2,1-2H3. The van der Waals surface area contributed by atoms with Crippen molar-refractivity contribution in [3.05, 3.63) is 48.2 Å². The number of esters is 1. The predicted octanol–water partition coefficient (Wildman–Crippen LogP) is 3.73. The molecule has 142 valence electrons. The minimum atomic E-state index is -3.27. The molecule has 6 nitrogen and oxygen atoms in total. The molecule has 0 aliphatic heterocycles. The first-order valence-electron chi connectivity index (χ1n) is 7.94. The van der Waals surface area contributed by atoms with Crippen LogP contribution in [0.15, 0.2) is 47.4 Å². The lowest BCUT2D eigenvalue weighted by molar-refractivity contribution is -0.142. The molecule has 0 amide bonds. The summed E-state index contributed by atoms with van der Waals surface area (Å²) in [7, 11) is -3.27. The number of thiophene rings is 1. The molecule has 2 heterocycles. The minimum absolute atomic E-state index is 0.0350. The van der Waals surface area contributed by atoms with Gasteiger partial charge in [0.2, 0.25) is 0 Å². The number of alkyl halides is 1. The first-order valence-corrected chi connectivity index (χ1v) is 11.2. The largest absolute Gasteiger partial charge is 0.448 e. The zero-order valence-corrected chi connectivity index (χ0v) is 17.1. The van der Waals surface area contributed by atoms with Crippen molar-refractivity contribution in [2.45, 2.75) is 18.4 Å². The van der Waals surface area contributed by atoms with E-state index in [9.17, 15) is 13.2 Å². The summed E-state index contributed by atoms with van der Waals surface area (Å²) in [5.74, 6) is -0.466. The number of nitrogens with zero attached hydrogens (tertiary/aromatic N) is 2. The van der Waals surface area contributed by atoms with Gasteiger partial charge in [0, 0.05) is 11.1 Å². The number of aryl methyl sites for hydroxylation is 1. The van der Waals surface area contributed by atoms with Gasteiger partial charge in [-0.05, 0) is 42.8 Å². The summed E-state index contributed by atoms with van der Waals surface area (Å²) in [6, 6.07) is 12.4. The van der Waals surface area contributed by atoms with Crippen LogP contribution in [0.25, 0.3) is 21.0 Å². The molecule has 0 fully saturated rings. The fourth-order valence-corrected chi connectivity index (χ4v) is 4.42. The Balaban J connectivity index is 1.94. The van der Waals surface area contributed by atoms with Crippen LogP contribution in [-0.2, 0) is 25.9 Å². The van der Waals surface area contributed by atoms with Gasteiger partial charge in [0.1, 0.15) is 6.54 Å². The number of hydrogen-bond donors (Lipinski definition) is 0. The van der Waals surface area contributed by atoms with Crippen molar-refractivity contribution in [3.8, 4) is 21.0 Å². The number of carbonyl (C=O) groups excluding carboxylic acids is 1. The maximum absolute atomic E-state index is 11.8. The Morgan fingerprint density at radius 2 is 1.96 bits per heavy atom. The molecule has 0 saturated heterocycles. The number of ether oxygens (including phenoxy) is 1. The van der Waals surface area contributed by atoms with Crippen LogP contribution in [0, 0.1) is 6.92 Å². The maximum atomic E-state index is 11.8. The summed E-state index contributed by atoms with van der Waals surface area (Å²) in [5.41, 5.74) is 2.38. The SMILES string of the molecule is Cc1cc(-c2ccc(-c3cccc(S(C)(=O)=O)c3)s2)n(CC(=O)OCCl)n1. The van der Waals surface area contributed by atoms with Gasteiger partial charge in [-0.1, -0.05) is 23.7 Å². The number of halogens is 1. The minimum Gasteiger partial charge on any atom is -0.448 e. The molecule has 0 unspecified atom stereocenters. The summed E-state index contributed by atoms with van der Waals surface area (Å²) in [5, 5.41) is 4.34. The van der Waals surface area contributed by atoms with E-state index in [1.54, 1.807) is 22.9 Å². The van der Waals surface area contributed by atoms with E-state index in [0.717, 1.165) is 26.7 Å². The van der Waals surface area contributed by atoms with E-state index in [-0.39, 0.29) is 17.5 Å². The van der Waals surface area contributed by atoms with Crippen LogP contribution in [0.4, 0.5) is 0 Å². The number of rotatable bonds is 6. The first kappa shape index (κ1) is 19.6. The second-order valence-corrected chi connectivity index (χ2v) is 9.24. The molecule has 0 saturated carbocycles. The van der Waals surface area contributed by atoms with Crippen LogP contribution in [0.1, 0.15) is 5.69 Å². The molecule has 0 aliphatic carbocycles. The third kappa shape index (κ3) is 4.58. The monoisotopic (exact) mass is 424 g/mol. The van der Waals surface area contributed by atoms with Crippen molar-refractivity contribution in [1.82, 2.24) is 9.78 Å². The zero-order valence-electron chi connectivity index (χ0n) is 14.7. The van der Waals surface area contributed by atoms with E-state index in [4.69, 9.17) is 16.3 Å². The van der Waals surface area contributed by atoms with E-state index < -0.39 is 15.8 Å². The normalized spacial score (nSPS) is 11.5. The lowest BCUT2D eigenvalue weighted by Crippen LogP contribution is -2.14. The number of hydrogen-bond acceptors (Lipinski definition) is 6. The Kier molecular flexibility index (Phi) is 5.69. The topological polar surface area (TPSA) is 78.3 Å². The summed E-state index contributed by atoms with van der Waals surface area (Å²) >= 11 is 6.92. The molecule has 0 aliphatic rings. The molecule has 0 N–H and O–H groups in total. The molecule has 3 rings (SSSR count). The molecule has 0 radical (unpaired) electrons. The Morgan fingerprint density at radius 1 is 1.22 bits per heavy atom. The Bertz CT molecular complexity index is 1090. The van der Waals surface area contributed by atoms with Gasteiger partial charge in [-0.2, -0.15) is 5.10 Å². The van der Waals surface area contributed by atoms with Crippen LogP contribution in [-0.4, -0.2) is 36.5 Å². The average Bonchev–Trinajstić information content (AvgIpc) is 3.21. The second-order valence-electron chi connectivity index (χ2n) is 5.92. The molecule has 0 spiro atoms. The fraction of sp³-hybridized carbons (Fsp3) is 0.222. The van der Waals surface area contributed by atoms with Crippen LogP contribution < -0.4 is 0 Å². The summed E-state index contributed by atoms with van der Waals surface area (Å²) in [6.45, 7) is 1.81. The highest BCUT2D eigenvalue weighted by Gasteiger charge is 2.15. The van der Waals surface area contributed by atoms with Gasteiger partial charge in [-0.15, -0.1) is 11.3 Å². The van der Waals surface area contributed by atoms with Gasteiger partial charge < -0.3 is 4.74 Å². The summed E-state index contributed by atoms with van der Waals surface area (Å²) in [6.07, 6.45) is 1.19. The number of sulfone groups is 1. The first-order chi connectivity index (χ1) is 12.8. The van der Waals surface area contributed by atoms with Gasteiger partial charge in [0.15, 0.2) is 15.9 Å². The molecule has 27 heavy (non-hydrogen) atoms. The zero-order chi connectivity index (χ0) is 19.6. The summed E-state index contributed by atoms with van der Waals surface area (Å²) < 4.78 is 29.9. The van der Waals surface area contributed by atoms with Gasteiger partial charge >= 0.3 is 5.97 Å². The van der Waals surface area contributed by atoms with Crippen LogP contribution in [0.5, 0.6) is 0 Å². The summed E-state index contributed by atoms with van der Waals surface area (Å²) in [4.78, 5) is 13.9. The molecular weight excluding hydrogens is 408 g/mol. The van der Waals surface area contributed by atoms with Crippen molar-refractivity contribution in [1.29, 1.82) is 0 Å². The van der Waals surface area contributed by atoms with E-state index in [1.165, 1.54) is 17.6 Å². The van der Waals surface area contributed by atoms with Crippen molar-refractivity contribution in [2.75, 3.05) is 12.3 Å². The molecular formula is C18H17ClN2O4S2. The molecule has 9 heteroatoms. The van der Waals surface area contributed by atoms with E-state index in [0.29, 0.717) is 0 Å². The van der Waals surface area contributed by atoms with Gasteiger partial charge in [-0.3, -0.25) is 9.48 Å². The molecule has 2 aromatic heterocycles. The van der Waals surface area contributed by atoms with E-state index in [1.807, 2.05) is 31.2 Å². The smallest absolute Gasteiger partial charge is 0.328 e. The molecule has 0 atom stereocenters. The second kappa shape index (κ2) is 7.84. The molecule has 3 aromatic rings. The van der Waals surface area contributed by atoms with Crippen molar-refractivity contribution in [2.24, 2.45) is 0 Å². The van der Waals surface area contributed by atoms with Crippen molar-refractivity contribution < 1.29 is 17.9 Å². The Morgan fingerprint density at radius 3 is 2.67 bits per heavy atom. The number of carbonyl (C=O) groups is 1. The quantitative estimate of drug-likeness (QED) is 0.445. The number of aromatic nitrogens is 2. The van der Waals surface area contributed by atoms with Crippen LogP contribution >= 0.6 is 22.9 Å². The van der Waals surface area contributed by atoms with Gasteiger partial charge in [0.05, 0.1) is 21.2 Å². The third-order valence-electron chi connectivity index (χ3n) is 3.80. The Hall–Kier alpha value is -2.16. The van der Waals surface area contributed by atoms with E-state index in [2.05, 4.69) is 5.10 Å². The van der Waals surface area contributed by atoms with E-state index >= 15 is 0 Å². The Labute approximate surface area is 166 Å². The van der Waals surface area contributed by atoms with Crippen LogP contribution in [0.3, 0.4) is 0 Å². The lowest BCUT2D eigenvalue weighted by atomic mass is 10.2. The molecule has 1 aromatic carbocycles. The lowest BCUT2D eigenvalue weighted by Gasteiger charge is -2.05. The van der Waals surface area contributed by atoms with Gasteiger partial charge in [0.25, 0.3) is 0 Å². The highest BCUT2D eigenvalue weighted by Crippen LogP contribution is 2.35. The van der Waals surface area contributed by atoms with Crippen LogP contribution in [0.2, 0.25) is 0 Å². The average molecular weight is 425 g/mol. The number of benzene rings is 1. The highest BCUT2D eigenvalue weighted by molar-refractivity contribution is 7.90. The van der Waals surface area contributed by atoms with Crippen molar-refractivity contribution in [3.63, 3.8) is 0 Å². The van der Waals surface area contributed by atoms with Crippen molar-refractivity contribution >= 4 is 38.7 Å². The molecule has 0 bridgehead atoms. The third-order valence-corrected chi connectivity index (χ3v) is 6.18. The highest BCUT2D eigenvalue weighted by atomic mass is 35.5. The fourth-order valence-electron chi connectivity index (χ4n) is 2.60. The maximum Gasteiger partial charge on any atom is 0.328 e. The van der Waals surface area contributed by atoms with Gasteiger partial charge in [-0.25, -0.2) is 8.42 Å². The predicted molar refractivity (Wildman–Crippen MR) is 106 cm³/mol.